The van der Waals surface area contributed by atoms with E-state index in [0.29, 0.717) is 13.0 Å². The van der Waals surface area contributed by atoms with Gasteiger partial charge in [0.15, 0.2) is 0 Å². The number of carboxylic acid groups (broad SMARTS) is 1. The normalized spacial score (nSPS) is 19.5. The summed E-state index contributed by atoms with van der Waals surface area (Å²) in [7, 11) is 0. The van der Waals surface area contributed by atoms with Crippen LogP contribution in [0.5, 0.6) is 0 Å². The van der Waals surface area contributed by atoms with Crippen molar-refractivity contribution < 1.29 is 14.7 Å². The highest BCUT2D eigenvalue weighted by molar-refractivity contribution is 7.18. The predicted molar refractivity (Wildman–Crippen MR) is 103 cm³/mol. The fourth-order valence-electron chi connectivity index (χ4n) is 3.35. The van der Waals surface area contributed by atoms with E-state index in [2.05, 4.69) is 23.5 Å². The minimum atomic E-state index is -0.762. The first-order valence-corrected chi connectivity index (χ1v) is 9.97. The zero-order valence-corrected chi connectivity index (χ0v) is 15.5. The van der Waals surface area contributed by atoms with Crippen LogP contribution in [0, 0.1) is 5.92 Å². The predicted octanol–water partition coefficient (Wildman–Crippen LogP) is 4.11. The van der Waals surface area contributed by atoms with Crippen LogP contribution in [0.25, 0.3) is 10.2 Å². The van der Waals surface area contributed by atoms with Crippen molar-refractivity contribution in [3.8, 4) is 0 Å². The summed E-state index contributed by atoms with van der Waals surface area (Å²) in [5, 5.41) is 12.7. The molecule has 1 aromatic carbocycles. The first-order valence-electron chi connectivity index (χ1n) is 9.15. The number of hydrogen-bond acceptors (Lipinski definition) is 4. The van der Waals surface area contributed by atoms with E-state index in [-0.39, 0.29) is 24.2 Å². The first-order chi connectivity index (χ1) is 12.6. The molecule has 1 heterocycles. The number of benzene rings is 1. The Morgan fingerprint density at radius 2 is 1.96 bits per heavy atom. The van der Waals surface area contributed by atoms with Gasteiger partial charge in [0, 0.05) is 18.9 Å². The summed E-state index contributed by atoms with van der Waals surface area (Å²) in [5.74, 6) is -0.637. The largest absolute Gasteiger partial charge is 0.481 e. The molecule has 0 aliphatic heterocycles. The topological polar surface area (TPSA) is 79.3 Å². The number of fused-ring (bicyclic) bond motifs is 1. The molecule has 2 atom stereocenters. The fraction of sp³-hybridized carbons (Fsp3) is 0.450. The standard InChI is InChI=1S/C20H24N2O3S/c23-18(24)12-2-1-7-13-21-19(25)14-8-3-4-9-15(14)20-22-16-10-5-6-11-17(16)26-20/h3-6,10-11,14-15H,1-2,7-9,12-13H2,(H,21,25)(H,23,24). The van der Waals surface area contributed by atoms with Crippen molar-refractivity contribution in [2.75, 3.05) is 6.54 Å². The lowest BCUT2D eigenvalue weighted by molar-refractivity contribution is -0.137. The Morgan fingerprint density at radius 3 is 2.77 bits per heavy atom. The molecule has 1 aliphatic rings. The SMILES string of the molecule is O=C(O)CCCCCNC(=O)C1CC=CCC1c1nc2ccccc2s1. The number of nitrogens with zero attached hydrogens (tertiary/aromatic N) is 1. The Morgan fingerprint density at radius 1 is 1.15 bits per heavy atom. The van der Waals surface area contributed by atoms with Crippen LogP contribution >= 0.6 is 11.3 Å². The molecule has 1 amide bonds. The van der Waals surface area contributed by atoms with Crippen molar-refractivity contribution in [3.63, 3.8) is 0 Å². The molecule has 2 N–H and O–H groups in total. The van der Waals surface area contributed by atoms with Gasteiger partial charge in [0.1, 0.15) is 0 Å². The molecule has 138 valence electrons. The number of aromatic nitrogens is 1. The number of nitrogens with one attached hydrogen (secondary N) is 1. The van der Waals surface area contributed by atoms with Gasteiger partial charge in [0.05, 0.1) is 21.1 Å². The maximum atomic E-state index is 12.7. The van der Waals surface area contributed by atoms with Crippen LogP contribution in [0.2, 0.25) is 0 Å². The molecule has 1 aromatic heterocycles. The van der Waals surface area contributed by atoms with Crippen LogP contribution in [-0.2, 0) is 9.59 Å². The van der Waals surface area contributed by atoms with Crippen LogP contribution in [0.1, 0.15) is 49.5 Å². The molecule has 1 aliphatic carbocycles. The van der Waals surface area contributed by atoms with Gasteiger partial charge in [-0.05, 0) is 37.8 Å². The lowest BCUT2D eigenvalue weighted by Crippen LogP contribution is -2.35. The van der Waals surface area contributed by atoms with E-state index < -0.39 is 5.97 Å². The second-order valence-electron chi connectivity index (χ2n) is 6.67. The minimum Gasteiger partial charge on any atom is -0.481 e. The Bertz CT molecular complexity index is 766. The summed E-state index contributed by atoms with van der Waals surface area (Å²) < 4.78 is 1.16. The van der Waals surface area contributed by atoms with Gasteiger partial charge >= 0.3 is 5.97 Å². The van der Waals surface area contributed by atoms with Crippen molar-refractivity contribution >= 4 is 33.4 Å². The van der Waals surface area contributed by atoms with E-state index in [1.54, 1.807) is 11.3 Å². The van der Waals surface area contributed by atoms with Gasteiger partial charge in [-0.3, -0.25) is 9.59 Å². The van der Waals surface area contributed by atoms with Crippen LogP contribution < -0.4 is 5.32 Å². The lowest BCUT2D eigenvalue weighted by Gasteiger charge is -2.26. The summed E-state index contributed by atoms with van der Waals surface area (Å²) in [6.07, 6.45) is 8.30. The average Bonchev–Trinajstić information content (AvgIpc) is 3.08. The maximum absolute atomic E-state index is 12.7. The Kier molecular flexibility index (Phi) is 6.39. The number of carbonyl (C=O) groups excluding carboxylic acids is 1. The van der Waals surface area contributed by atoms with E-state index in [9.17, 15) is 9.59 Å². The Balaban J connectivity index is 1.57. The molecule has 2 aromatic rings. The molecular weight excluding hydrogens is 348 g/mol. The number of amides is 1. The van der Waals surface area contributed by atoms with Crippen molar-refractivity contribution in [3.05, 3.63) is 41.4 Å². The number of allylic oxidation sites excluding steroid dienone is 2. The van der Waals surface area contributed by atoms with Crippen LogP contribution in [-0.4, -0.2) is 28.5 Å². The average molecular weight is 372 g/mol. The van der Waals surface area contributed by atoms with E-state index in [1.165, 1.54) is 0 Å². The van der Waals surface area contributed by atoms with Gasteiger partial charge in [0.25, 0.3) is 0 Å². The maximum Gasteiger partial charge on any atom is 0.303 e. The molecule has 0 saturated carbocycles. The molecule has 3 rings (SSSR count). The number of para-hydroxylation sites is 1. The van der Waals surface area contributed by atoms with Gasteiger partial charge in [-0.25, -0.2) is 4.98 Å². The lowest BCUT2D eigenvalue weighted by atomic mass is 9.82. The third-order valence-electron chi connectivity index (χ3n) is 4.76. The smallest absolute Gasteiger partial charge is 0.303 e. The molecule has 0 spiro atoms. The van der Waals surface area contributed by atoms with Crippen molar-refractivity contribution in [2.24, 2.45) is 5.92 Å². The fourth-order valence-corrected chi connectivity index (χ4v) is 4.49. The number of unbranched alkanes of at least 4 members (excludes halogenated alkanes) is 2. The van der Waals surface area contributed by atoms with Crippen molar-refractivity contribution in [1.82, 2.24) is 10.3 Å². The summed E-state index contributed by atoms with van der Waals surface area (Å²) in [6, 6.07) is 8.09. The van der Waals surface area contributed by atoms with Crippen LogP contribution in [0.15, 0.2) is 36.4 Å². The van der Waals surface area contributed by atoms with E-state index in [1.807, 2.05) is 18.2 Å². The minimum absolute atomic E-state index is 0.0804. The summed E-state index contributed by atoms with van der Waals surface area (Å²) in [4.78, 5) is 27.9. The number of rotatable bonds is 8. The number of aliphatic carboxylic acids is 1. The third kappa shape index (κ3) is 4.69. The van der Waals surface area contributed by atoms with Crippen LogP contribution in [0.3, 0.4) is 0 Å². The Labute approximate surface area is 157 Å². The molecule has 2 unspecified atom stereocenters. The summed E-state index contributed by atoms with van der Waals surface area (Å²) in [6.45, 7) is 0.602. The number of carboxylic acids is 1. The zero-order chi connectivity index (χ0) is 18.4. The number of carbonyl (C=O) groups is 2. The van der Waals surface area contributed by atoms with Gasteiger partial charge in [-0.2, -0.15) is 0 Å². The highest BCUT2D eigenvalue weighted by Crippen LogP contribution is 2.38. The van der Waals surface area contributed by atoms with Gasteiger partial charge in [0.2, 0.25) is 5.91 Å². The quantitative estimate of drug-likeness (QED) is 0.540. The molecule has 0 radical (unpaired) electrons. The molecule has 5 nitrogen and oxygen atoms in total. The second-order valence-corrected chi connectivity index (χ2v) is 7.73. The second kappa shape index (κ2) is 8.94. The monoisotopic (exact) mass is 372 g/mol. The number of thiazole rings is 1. The van der Waals surface area contributed by atoms with E-state index in [4.69, 9.17) is 10.1 Å². The van der Waals surface area contributed by atoms with Crippen molar-refractivity contribution in [2.45, 2.75) is 44.4 Å². The highest BCUT2D eigenvalue weighted by Gasteiger charge is 2.32. The van der Waals surface area contributed by atoms with Gasteiger partial charge in [-0.15, -0.1) is 11.3 Å². The first kappa shape index (κ1) is 18.6. The van der Waals surface area contributed by atoms with Gasteiger partial charge in [-0.1, -0.05) is 30.7 Å². The number of hydrogen-bond donors (Lipinski definition) is 2. The third-order valence-corrected chi connectivity index (χ3v) is 5.93. The van der Waals surface area contributed by atoms with Crippen molar-refractivity contribution in [1.29, 1.82) is 0 Å². The molecule has 0 saturated heterocycles. The van der Waals surface area contributed by atoms with Crippen LogP contribution in [0.4, 0.5) is 0 Å². The summed E-state index contributed by atoms with van der Waals surface area (Å²) >= 11 is 1.68. The molecule has 26 heavy (non-hydrogen) atoms. The summed E-state index contributed by atoms with van der Waals surface area (Å²) in [5.41, 5.74) is 1.000. The van der Waals surface area contributed by atoms with Gasteiger partial charge < -0.3 is 10.4 Å². The Hall–Kier alpha value is -2.21. The molecule has 6 heteroatoms. The highest BCUT2D eigenvalue weighted by atomic mass is 32.1. The van der Waals surface area contributed by atoms with E-state index in [0.717, 1.165) is 40.9 Å². The molecule has 0 fully saturated rings. The zero-order valence-electron chi connectivity index (χ0n) is 14.7. The van der Waals surface area contributed by atoms with E-state index >= 15 is 0 Å². The molecular formula is C20H24N2O3S. The molecule has 0 bridgehead atoms.